The van der Waals surface area contributed by atoms with E-state index in [1.165, 1.54) is 19.9 Å². The summed E-state index contributed by atoms with van der Waals surface area (Å²) in [6.07, 6.45) is 1.09. The molecule has 0 unspecified atom stereocenters. The molecular formula is C13H22N2O4S2. The molecule has 0 amide bonds. The zero-order valence-corrected chi connectivity index (χ0v) is 14.3. The highest BCUT2D eigenvalue weighted by Crippen LogP contribution is 2.21. The Morgan fingerprint density at radius 2 is 1.67 bits per heavy atom. The zero-order chi connectivity index (χ0) is 16.3. The second-order valence-electron chi connectivity index (χ2n) is 5.38. The number of rotatable bonds is 7. The van der Waals surface area contributed by atoms with Crippen molar-refractivity contribution in [3.05, 3.63) is 24.3 Å². The molecule has 0 saturated heterocycles. The van der Waals surface area contributed by atoms with Crippen molar-refractivity contribution in [2.75, 3.05) is 24.7 Å². The quantitative estimate of drug-likeness (QED) is 0.782. The molecule has 120 valence electrons. The van der Waals surface area contributed by atoms with E-state index in [0.717, 1.165) is 6.26 Å². The molecule has 21 heavy (non-hydrogen) atoms. The second kappa shape index (κ2) is 6.33. The monoisotopic (exact) mass is 334 g/mol. The molecule has 2 N–H and O–H groups in total. The lowest BCUT2D eigenvalue weighted by atomic mass is 10.2. The Labute approximate surface area is 126 Å². The van der Waals surface area contributed by atoms with E-state index in [-0.39, 0.29) is 11.4 Å². The Kier molecular flexibility index (Phi) is 5.40. The maximum atomic E-state index is 12.4. The number of sulfonamides is 1. The van der Waals surface area contributed by atoms with Crippen molar-refractivity contribution in [2.45, 2.75) is 30.4 Å². The van der Waals surface area contributed by atoms with Gasteiger partial charge in [-0.25, -0.2) is 21.6 Å². The summed E-state index contributed by atoms with van der Waals surface area (Å²) in [5.74, 6) is 0. The van der Waals surface area contributed by atoms with Crippen LogP contribution in [0.1, 0.15) is 20.8 Å². The van der Waals surface area contributed by atoms with Gasteiger partial charge in [0.2, 0.25) is 10.0 Å². The van der Waals surface area contributed by atoms with E-state index in [0.29, 0.717) is 12.2 Å². The molecule has 1 rings (SSSR count). The minimum Gasteiger partial charge on any atom is -0.384 e. The summed E-state index contributed by atoms with van der Waals surface area (Å²) in [6, 6.07) is 6.50. The minimum atomic E-state index is -3.78. The summed E-state index contributed by atoms with van der Waals surface area (Å²) >= 11 is 0. The molecule has 0 bridgehead atoms. The number of nitrogens with one attached hydrogen (secondary N) is 2. The first-order valence-corrected chi connectivity index (χ1v) is 9.91. The fourth-order valence-electron chi connectivity index (χ4n) is 1.52. The molecule has 8 heteroatoms. The van der Waals surface area contributed by atoms with Crippen LogP contribution in [0.2, 0.25) is 0 Å². The largest absolute Gasteiger partial charge is 0.384 e. The topological polar surface area (TPSA) is 92.3 Å². The van der Waals surface area contributed by atoms with E-state index in [4.69, 9.17) is 0 Å². The van der Waals surface area contributed by atoms with Gasteiger partial charge < -0.3 is 5.32 Å². The molecule has 0 atom stereocenters. The van der Waals surface area contributed by atoms with Crippen LogP contribution in [0.5, 0.6) is 0 Å². The normalized spacial score (nSPS) is 13.1. The van der Waals surface area contributed by atoms with E-state index in [9.17, 15) is 16.8 Å². The number of hydrogen-bond acceptors (Lipinski definition) is 5. The first kappa shape index (κ1) is 17.9. The Balaban J connectivity index is 3.04. The highest BCUT2D eigenvalue weighted by atomic mass is 32.2. The third kappa shape index (κ3) is 4.42. The Morgan fingerprint density at radius 1 is 1.10 bits per heavy atom. The Morgan fingerprint density at radius 3 is 2.19 bits per heavy atom. The molecule has 1 aromatic carbocycles. The average Bonchev–Trinajstić information content (AvgIpc) is 2.36. The molecule has 0 aliphatic heterocycles. The van der Waals surface area contributed by atoms with Crippen LogP contribution in [0.4, 0.5) is 5.69 Å². The number of sulfone groups is 1. The molecule has 1 aromatic rings. The van der Waals surface area contributed by atoms with Crippen molar-refractivity contribution in [3.8, 4) is 0 Å². The Hall–Kier alpha value is -1.12. The van der Waals surface area contributed by atoms with Gasteiger partial charge in [0.1, 0.15) is 4.90 Å². The fraction of sp³-hybridized carbons (Fsp3) is 0.538. The summed E-state index contributed by atoms with van der Waals surface area (Å²) in [6.45, 7) is 5.24. The highest BCUT2D eigenvalue weighted by Gasteiger charge is 2.32. The smallest absolute Gasteiger partial charge is 0.242 e. The van der Waals surface area contributed by atoms with Crippen LogP contribution in [0.25, 0.3) is 0 Å². The summed E-state index contributed by atoms with van der Waals surface area (Å²) < 4.78 is 49.2. The van der Waals surface area contributed by atoms with Gasteiger partial charge in [0.05, 0.1) is 10.4 Å². The molecule has 0 radical (unpaired) electrons. The molecule has 6 nitrogen and oxygen atoms in total. The second-order valence-corrected chi connectivity index (χ2v) is 9.77. The molecule has 0 spiro atoms. The lowest BCUT2D eigenvalue weighted by molar-refractivity contribution is 0.537. The summed E-state index contributed by atoms with van der Waals surface area (Å²) in [5.41, 5.74) is 0.490. The predicted molar refractivity (Wildman–Crippen MR) is 84.7 cm³/mol. The minimum absolute atomic E-state index is 0.108. The molecule has 0 heterocycles. The maximum Gasteiger partial charge on any atom is 0.242 e. The van der Waals surface area contributed by atoms with Crippen molar-refractivity contribution in [1.29, 1.82) is 0 Å². The summed E-state index contributed by atoms with van der Waals surface area (Å²) in [5, 5.41) is 2.97. The van der Waals surface area contributed by atoms with Gasteiger partial charge in [-0.05, 0) is 32.9 Å². The average molecular weight is 334 g/mol. The maximum absolute atomic E-state index is 12.4. The molecule has 0 fully saturated rings. The number of hydrogen-bond donors (Lipinski definition) is 2. The van der Waals surface area contributed by atoms with Crippen LogP contribution in [0, 0.1) is 0 Å². The third-order valence-corrected chi connectivity index (χ3v) is 6.85. The van der Waals surface area contributed by atoms with E-state index < -0.39 is 24.6 Å². The van der Waals surface area contributed by atoms with Crippen LogP contribution in [-0.2, 0) is 19.9 Å². The number of benzene rings is 1. The van der Waals surface area contributed by atoms with Crippen LogP contribution in [0.3, 0.4) is 0 Å². The van der Waals surface area contributed by atoms with Gasteiger partial charge in [-0.2, -0.15) is 0 Å². The first-order valence-electron chi connectivity index (χ1n) is 6.53. The van der Waals surface area contributed by atoms with Crippen molar-refractivity contribution >= 4 is 25.5 Å². The van der Waals surface area contributed by atoms with Gasteiger partial charge in [-0.15, -0.1) is 0 Å². The predicted octanol–water partition coefficient (Wildman–Crippen LogP) is 1.22. The van der Waals surface area contributed by atoms with E-state index >= 15 is 0 Å². The third-order valence-electron chi connectivity index (χ3n) is 3.24. The first-order chi connectivity index (χ1) is 9.51. The molecule has 0 aliphatic carbocycles. The summed E-state index contributed by atoms with van der Waals surface area (Å²) in [7, 11) is -7.15. The van der Waals surface area contributed by atoms with Gasteiger partial charge in [-0.3, -0.25) is 0 Å². The molecule has 0 aromatic heterocycles. The van der Waals surface area contributed by atoms with Crippen LogP contribution < -0.4 is 10.0 Å². The Bertz CT molecular complexity index is 695. The SMILES string of the molecule is CCNc1ccccc1S(=O)(=O)NCC(C)(C)S(C)(=O)=O. The van der Waals surface area contributed by atoms with Crippen LogP contribution >= 0.6 is 0 Å². The van der Waals surface area contributed by atoms with Gasteiger partial charge in [0, 0.05) is 19.3 Å². The molecule has 0 saturated carbocycles. The van der Waals surface area contributed by atoms with Crippen molar-refractivity contribution in [2.24, 2.45) is 0 Å². The van der Waals surface area contributed by atoms with Crippen LogP contribution in [-0.4, -0.2) is 40.9 Å². The standard InChI is InChI=1S/C13H22N2O4S2/c1-5-14-11-8-6-7-9-12(11)21(18,19)15-10-13(2,3)20(4,16)17/h6-9,14-15H,5,10H2,1-4H3. The summed E-state index contributed by atoms with van der Waals surface area (Å²) in [4.78, 5) is 0.108. The lowest BCUT2D eigenvalue weighted by Gasteiger charge is -2.23. The van der Waals surface area contributed by atoms with E-state index in [1.807, 2.05) is 6.92 Å². The molecule has 0 aliphatic rings. The number of para-hydroxylation sites is 1. The molecular weight excluding hydrogens is 312 g/mol. The van der Waals surface area contributed by atoms with E-state index in [2.05, 4.69) is 10.0 Å². The van der Waals surface area contributed by atoms with Crippen LogP contribution in [0.15, 0.2) is 29.2 Å². The van der Waals surface area contributed by atoms with E-state index in [1.54, 1.807) is 18.2 Å². The van der Waals surface area contributed by atoms with Gasteiger partial charge in [-0.1, -0.05) is 12.1 Å². The lowest BCUT2D eigenvalue weighted by Crippen LogP contribution is -2.43. The van der Waals surface area contributed by atoms with Crippen molar-refractivity contribution < 1.29 is 16.8 Å². The van der Waals surface area contributed by atoms with Gasteiger partial charge in [0.25, 0.3) is 0 Å². The fourth-order valence-corrected chi connectivity index (χ4v) is 3.33. The van der Waals surface area contributed by atoms with Crippen molar-refractivity contribution in [3.63, 3.8) is 0 Å². The van der Waals surface area contributed by atoms with Crippen molar-refractivity contribution in [1.82, 2.24) is 4.72 Å². The zero-order valence-electron chi connectivity index (χ0n) is 12.7. The number of anilines is 1. The van der Waals surface area contributed by atoms with Gasteiger partial charge >= 0.3 is 0 Å². The van der Waals surface area contributed by atoms with Gasteiger partial charge in [0.15, 0.2) is 9.84 Å². The highest BCUT2D eigenvalue weighted by molar-refractivity contribution is 7.92.